The smallest absolute Gasteiger partial charge is 0.193 e. The van der Waals surface area contributed by atoms with Crippen LogP contribution in [-0.2, 0) is 9.47 Å². The molecule has 0 atom stereocenters. The molecule has 2 rings (SSSR count). The SMILES string of the molecule is CCNC(=NCC1(SCC)CCOCC1)N(C)CCC1CCOCC1.I. The molecule has 2 heterocycles. The van der Waals surface area contributed by atoms with Crippen LogP contribution in [0, 0.1) is 5.92 Å². The molecular formula is C19H38IN3O2S. The molecule has 0 aliphatic carbocycles. The maximum Gasteiger partial charge on any atom is 0.193 e. The Bertz CT molecular complexity index is 395. The first kappa shape index (κ1) is 24.3. The van der Waals surface area contributed by atoms with Crippen LogP contribution in [0.5, 0.6) is 0 Å². The first-order chi connectivity index (χ1) is 12.2. The molecule has 0 unspecified atom stereocenters. The molecule has 2 saturated heterocycles. The van der Waals surface area contributed by atoms with Crippen molar-refractivity contribution in [1.29, 1.82) is 0 Å². The second kappa shape index (κ2) is 13.4. The lowest BCUT2D eigenvalue weighted by atomic mass is 9.96. The third-order valence-corrected chi connectivity index (χ3v) is 6.72. The van der Waals surface area contributed by atoms with Gasteiger partial charge in [0.1, 0.15) is 0 Å². The van der Waals surface area contributed by atoms with Crippen LogP contribution in [0.2, 0.25) is 0 Å². The second-order valence-corrected chi connectivity index (χ2v) is 8.90. The number of ether oxygens (including phenoxy) is 2. The Kier molecular flexibility index (Phi) is 12.6. The van der Waals surface area contributed by atoms with Gasteiger partial charge in [0.05, 0.1) is 6.54 Å². The van der Waals surface area contributed by atoms with Crippen LogP contribution in [-0.4, -0.2) is 74.5 Å². The van der Waals surface area contributed by atoms with Crippen molar-refractivity contribution in [2.24, 2.45) is 10.9 Å². The number of halogens is 1. The number of hydrogen-bond acceptors (Lipinski definition) is 4. The normalized spacial score (nSPS) is 21.1. The summed E-state index contributed by atoms with van der Waals surface area (Å²) in [6, 6.07) is 0. The quantitative estimate of drug-likeness (QED) is 0.314. The van der Waals surface area contributed by atoms with Crippen molar-refractivity contribution in [2.75, 3.05) is 58.9 Å². The van der Waals surface area contributed by atoms with Crippen molar-refractivity contribution in [3.63, 3.8) is 0 Å². The van der Waals surface area contributed by atoms with E-state index in [1.165, 1.54) is 19.3 Å². The Labute approximate surface area is 181 Å². The van der Waals surface area contributed by atoms with Gasteiger partial charge in [0.25, 0.3) is 0 Å². The fourth-order valence-electron chi connectivity index (χ4n) is 3.60. The van der Waals surface area contributed by atoms with Crippen molar-refractivity contribution in [3.05, 3.63) is 0 Å². The van der Waals surface area contributed by atoms with Crippen LogP contribution in [0.25, 0.3) is 0 Å². The minimum atomic E-state index is 0. The summed E-state index contributed by atoms with van der Waals surface area (Å²) in [7, 11) is 2.17. The van der Waals surface area contributed by atoms with Crippen LogP contribution in [0.4, 0.5) is 0 Å². The van der Waals surface area contributed by atoms with E-state index < -0.39 is 0 Å². The van der Waals surface area contributed by atoms with Gasteiger partial charge in [-0.25, -0.2) is 0 Å². The van der Waals surface area contributed by atoms with Gasteiger partial charge in [0, 0.05) is 51.3 Å². The molecule has 5 nitrogen and oxygen atoms in total. The van der Waals surface area contributed by atoms with Crippen LogP contribution < -0.4 is 5.32 Å². The Morgan fingerprint density at radius 2 is 1.81 bits per heavy atom. The Morgan fingerprint density at radius 1 is 1.15 bits per heavy atom. The highest BCUT2D eigenvalue weighted by Crippen LogP contribution is 2.35. The van der Waals surface area contributed by atoms with E-state index in [0.717, 1.165) is 76.5 Å². The maximum atomic E-state index is 5.58. The molecule has 154 valence electrons. The number of rotatable bonds is 8. The van der Waals surface area contributed by atoms with E-state index in [1.54, 1.807) is 0 Å². The molecular weight excluding hydrogens is 461 g/mol. The van der Waals surface area contributed by atoms with E-state index in [-0.39, 0.29) is 28.7 Å². The van der Waals surface area contributed by atoms with Crippen molar-refractivity contribution in [2.45, 2.75) is 50.7 Å². The molecule has 7 heteroatoms. The number of nitrogens with one attached hydrogen (secondary N) is 1. The standard InChI is InChI=1S/C19H37N3O2S.HI/c1-4-20-18(22(3)11-6-17-7-12-23-13-8-17)21-16-19(25-5-2)9-14-24-15-10-19;/h17H,4-16H2,1-3H3,(H,20,21);1H. The van der Waals surface area contributed by atoms with Gasteiger partial charge >= 0.3 is 0 Å². The highest BCUT2D eigenvalue weighted by Gasteiger charge is 2.32. The van der Waals surface area contributed by atoms with E-state index in [2.05, 4.69) is 42.9 Å². The zero-order valence-electron chi connectivity index (χ0n) is 16.8. The average molecular weight is 500 g/mol. The van der Waals surface area contributed by atoms with Gasteiger partial charge in [-0.15, -0.1) is 24.0 Å². The minimum absolute atomic E-state index is 0. The topological polar surface area (TPSA) is 46.1 Å². The summed E-state index contributed by atoms with van der Waals surface area (Å²) in [6.45, 7) is 10.9. The third kappa shape index (κ3) is 8.10. The maximum absolute atomic E-state index is 5.58. The van der Waals surface area contributed by atoms with Crippen molar-refractivity contribution in [1.82, 2.24) is 10.2 Å². The van der Waals surface area contributed by atoms with E-state index in [4.69, 9.17) is 14.5 Å². The Balaban J connectivity index is 0.00000338. The summed E-state index contributed by atoms with van der Waals surface area (Å²) in [5, 5.41) is 3.48. The molecule has 2 aliphatic rings. The summed E-state index contributed by atoms with van der Waals surface area (Å²) in [5.41, 5.74) is 0. The summed E-state index contributed by atoms with van der Waals surface area (Å²) in [5.74, 6) is 3.00. The summed E-state index contributed by atoms with van der Waals surface area (Å²) < 4.78 is 11.3. The Morgan fingerprint density at radius 3 is 2.42 bits per heavy atom. The molecule has 0 amide bonds. The first-order valence-corrected chi connectivity index (χ1v) is 11.0. The average Bonchev–Trinajstić information content (AvgIpc) is 2.65. The van der Waals surface area contributed by atoms with Crippen molar-refractivity contribution < 1.29 is 9.47 Å². The molecule has 1 N–H and O–H groups in total. The van der Waals surface area contributed by atoms with Crippen molar-refractivity contribution >= 4 is 41.7 Å². The highest BCUT2D eigenvalue weighted by atomic mass is 127. The minimum Gasteiger partial charge on any atom is -0.381 e. The molecule has 0 aromatic heterocycles. The Hall–Kier alpha value is 0.270. The number of guanidine groups is 1. The fraction of sp³-hybridized carbons (Fsp3) is 0.947. The zero-order chi connectivity index (χ0) is 18.0. The van der Waals surface area contributed by atoms with Gasteiger partial charge in [-0.05, 0) is 50.7 Å². The second-order valence-electron chi connectivity index (χ2n) is 7.16. The first-order valence-electron chi connectivity index (χ1n) is 9.98. The molecule has 0 radical (unpaired) electrons. The largest absolute Gasteiger partial charge is 0.381 e. The van der Waals surface area contributed by atoms with E-state index >= 15 is 0 Å². The number of aliphatic imine (C=N–C) groups is 1. The number of hydrogen-bond donors (Lipinski definition) is 1. The summed E-state index contributed by atoms with van der Waals surface area (Å²) >= 11 is 2.06. The van der Waals surface area contributed by atoms with Gasteiger partial charge in [-0.1, -0.05) is 6.92 Å². The molecule has 0 aromatic rings. The summed E-state index contributed by atoms with van der Waals surface area (Å²) in [4.78, 5) is 7.33. The molecule has 0 bridgehead atoms. The van der Waals surface area contributed by atoms with Gasteiger partial charge in [0.15, 0.2) is 5.96 Å². The lowest BCUT2D eigenvalue weighted by molar-refractivity contribution is 0.0625. The van der Waals surface area contributed by atoms with Gasteiger partial charge < -0.3 is 19.7 Å². The monoisotopic (exact) mass is 499 g/mol. The van der Waals surface area contributed by atoms with Gasteiger partial charge in [0.2, 0.25) is 0 Å². The van der Waals surface area contributed by atoms with Gasteiger partial charge in [-0.2, -0.15) is 11.8 Å². The van der Waals surface area contributed by atoms with Crippen LogP contribution in [0.3, 0.4) is 0 Å². The molecule has 2 fully saturated rings. The lowest BCUT2D eigenvalue weighted by Gasteiger charge is -2.35. The molecule has 2 aliphatic heterocycles. The number of thioether (sulfide) groups is 1. The predicted octanol–water partition coefficient (Wildman–Crippen LogP) is 3.62. The van der Waals surface area contributed by atoms with Gasteiger partial charge in [-0.3, -0.25) is 4.99 Å². The van der Waals surface area contributed by atoms with Crippen LogP contribution >= 0.6 is 35.7 Å². The van der Waals surface area contributed by atoms with E-state index in [1.807, 2.05) is 0 Å². The summed E-state index contributed by atoms with van der Waals surface area (Å²) in [6.07, 6.45) is 5.86. The van der Waals surface area contributed by atoms with Crippen molar-refractivity contribution in [3.8, 4) is 0 Å². The molecule has 0 saturated carbocycles. The van der Waals surface area contributed by atoms with Crippen LogP contribution in [0.15, 0.2) is 4.99 Å². The molecule has 0 spiro atoms. The highest BCUT2D eigenvalue weighted by molar-refractivity contribution is 14.0. The lowest BCUT2D eigenvalue weighted by Crippen LogP contribution is -2.42. The van der Waals surface area contributed by atoms with E-state index in [0.29, 0.717) is 0 Å². The predicted molar refractivity (Wildman–Crippen MR) is 123 cm³/mol. The van der Waals surface area contributed by atoms with Crippen LogP contribution in [0.1, 0.15) is 46.0 Å². The number of nitrogens with zero attached hydrogens (tertiary/aromatic N) is 2. The third-order valence-electron chi connectivity index (χ3n) is 5.28. The molecule has 0 aromatic carbocycles. The zero-order valence-corrected chi connectivity index (χ0v) is 19.9. The fourth-order valence-corrected chi connectivity index (χ4v) is 4.83. The molecule has 26 heavy (non-hydrogen) atoms. The van der Waals surface area contributed by atoms with E-state index in [9.17, 15) is 0 Å².